The molecule has 8 aromatic rings. The number of benzene rings is 4. The lowest BCUT2D eigenvalue weighted by Crippen LogP contribution is -2.19. The number of esters is 2. The van der Waals surface area contributed by atoms with Crippen LogP contribution in [0, 0.1) is 0 Å². The van der Waals surface area contributed by atoms with Crippen molar-refractivity contribution in [1.29, 1.82) is 0 Å². The van der Waals surface area contributed by atoms with Crippen molar-refractivity contribution < 1.29 is 62.3 Å². The molecular formula is C44H44N8O13S4. The average molecular weight is 1020 g/mol. The van der Waals surface area contributed by atoms with E-state index in [-0.39, 0.29) is 25.7 Å². The maximum Gasteiger partial charge on any atom is 0.303 e. The van der Waals surface area contributed by atoms with Gasteiger partial charge in [-0.25, -0.2) is 19.9 Å². The number of hydrogen-bond acceptors (Lipinski definition) is 21. The van der Waals surface area contributed by atoms with Crippen LogP contribution in [0.4, 0.5) is 20.5 Å². The van der Waals surface area contributed by atoms with Crippen molar-refractivity contribution in [2.24, 2.45) is 0 Å². The molecule has 4 amide bonds. The maximum absolute atomic E-state index is 11.5. The third kappa shape index (κ3) is 16.4. The van der Waals surface area contributed by atoms with Crippen LogP contribution in [0.5, 0.6) is 17.2 Å². The second-order valence-electron chi connectivity index (χ2n) is 13.4. The molecule has 69 heavy (non-hydrogen) atoms. The Kier molecular flexibility index (Phi) is 20.0. The summed E-state index contributed by atoms with van der Waals surface area (Å²) in [7, 11) is 6.23. The molecule has 8 rings (SSSR count). The number of aromatic nitrogens is 4. The van der Waals surface area contributed by atoms with E-state index in [2.05, 4.69) is 50.7 Å². The highest BCUT2D eigenvalue weighted by Crippen LogP contribution is 2.33. The van der Waals surface area contributed by atoms with Crippen molar-refractivity contribution >= 4 is 142 Å². The van der Waals surface area contributed by atoms with Crippen LogP contribution < -0.4 is 35.5 Å². The highest BCUT2D eigenvalue weighted by atomic mass is 32.1. The normalized spacial score (nSPS) is 10.3. The quantitative estimate of drug-likeness (QED) is 0.0706. The van der Waals surface area contributed by atoms with Crippen LogP contribution in [-0.4, -0.2) is 115 Å². The second-order valence-corrected chi connectivity index (χ2v) is 17.5. The summed E-state index contributed by atoms with van der Waals surface area (Å²) in [6.07, 6.45) is 0. The van der Waals surface area contributed by atoms with Gasteiger partial charge in [0.15, 0.2) is 33.7 Å². The molecule has 21 nitrogen and oxygen atoms in total. The minimum Gasteiger partial charge on any atom is -0.497 e. The Balaban J connectivity index is 0.000000172. The largest absolute Gasteiger partial charge is 0.497 e. The lowest BCUT2D eigenvalue weighted by Gasteiger charge is -2.01. The predicted molar refractivity (Wildman–Crippen MR) is 265 cm³/mol. The summed E-state index contributed by atoms with van der Waals surface area (Å²) in [5.41, 5.74) is 3.15. The summed E-state index contributed by atoms with van der Waals surface area (Å²) in [6.45, 7) is 1.37. The number of carbonyl (C=O) groups excluding carboxylic acids is 6. The molecule has 0 aliphatic carbocycles. The van der Waals surface area contributed by atoms with E-state index in [1.807, 2.05) is 60.7 Å². The fraction of sp³-hybridized carbons (Fsp3) is 0.227. The number of hydrogen-bond donors (Lipinski definition) is 5. The molecule has 4 aromatic carbocycles. The minimum atomic E-state index is -0.542. The number of carbonyl (C=O) groups is 6. The lowest BCUT2D eigenvalue weighted by molar-refractivity contribution is -0.145. The van der Waals surface area contributed by atoms with Gasteiger partial charge in [-0.1, -0.05) is 63.5 Å². The van der Waals surface area contributed by atoms with Gasteiger partial charge in [-0.3, -0.25) is 50.0 Å². The van der Waals surface area contributed by atoms with Crippen molar-refractivity contribution in [2.45, 2.75) is 13.8 Å². The first-order chi connectivity index (χ1) is 33.2. The molecule has 0 unspecified atom stereocenters. The number of anilines is 4. The predicted octanol–water partition coefficient (Wildman–Crippen LogP) is 6.73. The van der Waals surface area contributed by atoms with Crippen LogP contribution in [0.25, 0.3) is 40.9 Å². The van der Waals surface area contributed by atoms with E-state index < -0.39 is 36.3 Å². The number of nitrogens with one attached hydrogen (secondary N) is 4. The molecule has 0 saturated heterocycles. The van der Waals surface area contributed by atoms with Gasteiger partial charge in [0, 0.05) is 21.0 Å². The molecule has 5 N–H and O–H groups in total. The standard InChI is InChI=1S/2C12H12N2O4S.C10H10N2O3S.C10H10N2O2S/c1-7(15)18-6-11(16)14-12-13-9-4-3-8(17-2)5-10(9)19-12;1-7(15)18-6-10(16)13-12-14-11-8(17-2)4-3-5-9(11)19-12;1-15-6-2-3-7-8(4-6)16-10(11-7)12-9(14)5-13;1-14-6-9(13)12-10-11-7-4-2-3-5-8(7)15-10/h2*3-5H,6H2,1-2H3,(H,13,14,16);2-4,13H,5H2,1H3,(H,11,12,14);2-5H,6H2,1H3,(H,11,12,13). The van der Waals surface area contributed by atoms with Gasteiger partial charge in [-0.05, 0) is 60.7 Å². The zero-order valence-corrected chi connectivity index (χ0v) is 40.9. The third-order valence-corrected chi connectivity index (χ3v) is 12.1. The Morgan fingerprint density at radius 1 is 0.493 bits per heavy atom. The summed E-state index contributed by atoms with van der Waals surface area (Å²) in [5, 5.41) is 20.9. The molecule has 0 aliphatic rings. The molecule has 4 aromatic heterocycles. The molecule has 362 valence electrons. The first-order valence-corrected chi connectivity index (χ1v) is 23.2. The van der Waals surface area contributed by atoms with Gasteiger partial charge in [0.2, 0.25) is 0 Å². The number of nitrogens with zero attached hydrogens (tertiary/aromatic N) is 4. The highest BCUT2D eigenvalue weighted by molar-refractivity contribution is 7.23. The Labute approximate surface area is 408 Å². The van der Waals surface area contributed by atoms with Crippen molar-refractivity contribution in [3.8, 4) is 17.2 Å². The minimum absolute atomic E-state index is 0.0515. The second kappa shape index (κ2) is 26.2. The first kappa shape index (κ1) is 52.5. The summed E-state index contributed by atoms with van der Waals surface area (Å²) < 4.78 is 33.1. The summed E-state index contributed by atoms with van der Waals surface area (Å²) in [5.74, 6) is -0.360. The van der Waals surface area contributed by atoms with E-state index in [4.69, 9.17) is 24.1 Å². The van der Waals surface area contributed by atoms with E-state index in [0.29, 0.717) is 31.8 Å². The van der Waals surface area contributed by atoms with Crippen LogP contribution in [-0.2, 0) is 43.0 Å². The van der Waals surface area contributed by atoms with E-state index in [1.54, 1.807) is 39.5 Å². The summed E-state index contributed by atoms with van der Waals surface area (Å²) >= 11 is 5.44. The van der Waals surface area contributed by atoms with Gasteiger partial charge in [-0.2, -0.15) is 0 Å². The summed E-state index contributed by atoms with van der Waals surface area (Å²) in [6, 6.07) is 24.2. The van der Waals surface area contributed by atoms with E-state index in [1.165, 1.54) is 66.3 Å². The third-order valence-electron chi connectivity index (χ3n) is 8.30. The number of thiazole rings is 4. The number of aliphatic hydroxyl groups is 1. The van der Waals surface area contributed by atoms with Gasteiger partial charge in [0.25, 0.3) is 23.6 Å². The molecule has 0 bridgehead atoms. The Bertz CT molecular complexity index is 3030. The van der Waals surface area contributed by atoms with Crippen LogP contribution in [0.1, 0.15) is 13.8 Å². The fourth-order valence-corrected chi connectivity index (χ4v) is 8.93. The SMILES string of the molecule is COCC(=O)Nc1nc2ccccc2s1.COc1ccc2nc(NC(=O)CO)sc2c1.COc1ccc2nc(NC(=O)COC(C)=O)sc2c1.COc1cccc2sc(NC(=O)COC(C)=O)nc12. The fourth-order valence-electron chi connectivity index (χ4n) is 5.33. The maximum atomic E-state index is 11.5. The van der Waals surface area contributed by atoms with Crippen molar-refractivity contribution in [1.82, 2.24) is 19.9 Å². The molecule has 0 atom stereocenters. The molecule has 25 heteroatoms. The van der Waals surface area contributed by atoms with Crippen LogP contribution in [0.15, 0.2) is 78.9 Å². The van der Waals surface area contributed by atoms with Gasteiger partial charge >= 0.3 is 11.9 Å². The van der Waals surface area contributed by atoms with E-state index in [0.717, 1.165) is 46.8 Å². The van der Waals surface area contributed by atoms with Gasteiger partial charge < -0.3 is 33.5 Å². The number of aliphatic hydroxyl groups excluding tert-OH is 1. The van der Waals surface area contributed by atoms with Crippen molar-refractivity contribution in [3.05, 3.63) is 78.9 Å². The van der Waals surface area contributed by atoms with E-state index in [9.17, 15) is 28.8 Å². The highest BCUT2D eigenvalue weighted by Gasteiger charge is 2.13. The summed E-state index contributed by atoms with van der Waals surface area (Å²) in [4.78, 5) is 83.3. The van der Waals surface area contributed by atoms with Crippen LogP contribution in [0.3, 0.4) is 0 Å². The molecule has 0 radical (unpaired) electrons. The van der Waals surface area contributed by atoms with Gasteiger partial charge in [0.05, 0.1) is 56.7 Å². The molecule has 0 saturated carbocycles. The Hall–Kier alpha value is -7.42. The topological polar surface area (TPSA) is 278 Å². The molecule has 4 heterocycles. The number of ether oxygens (including phenoxy) is 6. The van der Waals surface area contributed by atoms with Crippen LogP contribution >= 0.6 is 45.3 Å². The molecule has 0 fully saturated rings. The zero-order chi connectivity index (χ0) is 49.9. The van der Waals surface area contributed by atoms with Gasteiger partial charge in [-0.15, -0.1) is 0 Å². The Morgan fingerprint density at radius 2 is 0.928 bits per heavy atom. The monoisotopic (exact) mass is 1020 g/mol. The molecular weight excluding hydrogens is 977 g/mol. The molecule has 0 aliphatic heterocycles. The van der Waals surface area contributed by atoms with Crippen LogP contribution in [0.2, 0.25) is 0 Å². The first-order valence-electron chi connectivity index (χ1n) is 19.9. The number of rotatable bonds is 14. The number of fused-ring (bicyclic) bond motifs is 4. The van der Waals surface area contributed by atoms with Crippen molar-refractivity contribution in [2.75, 3.05) is 76.1 Å². The zero-order valence-electron chi connectivity index (χ0n) is 37.6. The Morgan fingerprint density at radius 3 is 1.39 bits per heavy atom. The van der Waals surface area contributed by atoms with E-state index >= 15 is 0 Å². The number of methoxy groups -OCH3 is 4. The average Bonchev–Trinajstić information content (AvgIpc) is 4.14. The number of amides is 4. The van der Waals surface area contributed by atoms with Crippen molar-refractivity contribution in [3.63, 3.8) is 0 Å². The smallest absolute Gasteiger partial charge is 0.303 e. The number of para-hydroxylation sites is 2. The molecule has 0 spiro atoms. The van der Waals surface area contributed by atoms with Gasteiger partial charge in [0.1, 0.15) is 36.0 Å². The lowest BCUT2D eigenvalue weighted by atomic mass is 10.3.